The highest BCUT2D eigenvalue weighted by Gasteiger charge is 2.59. The maximum absolute atomic E-state index is 13.3. The number of amides is 1. The third kappa shape index (κ3) is 5.19. The van der Waals surface area contributed by atoms with Gasteiger partial charge in [0.2, 0.25) is 5.91 Å². The van der Waals surface area contributed by atoms with Gasteiger partial charge in [0.05, 0.1) is 11.9 Å². The van der Waals surface area contributed by atoms with Gasteiger partial charge in [0.15, 0.2) is 0 Å². The molecule has 1 saturated heterocycles. The van der Waals surface area contributed by atoms with E-state index in [0.717, 1.165) is 68.1 Å². The molecule has 3 fully saturated rings. The number of aryl methyl sites for hydroxylation is 1. The highest BCUT2D eigenvalue weighted by molar-refractivity contribution is 5.92. The lowest BCUT2D eigenvalue weighted by Gasteiger charge is -2.60. The molecule has 0 N–H and O–H groups in total. The number of hydrogen-bond donors (Lipinski definition) is 0. The summed E-state index contributed by atoms with van der Waals surface area (Å²) in [5.41, 5.74) is 1.36. The highest BCUT2D eigenvalue weighted by Crippen LogP contribution is 2.54. The predicted molar refractivity (Wildman–Crippen MR) is 146 cm³/mol. The molecule has 1 aliphatic heterocycles. The summed E-state index contributed by atoms with van der Waals surface area (Å²) < 4.78 is 17.4. The van der Waals surface area contributed by atoms with Crippen molar-refractivity contribution in [1.29, 1.82) is 0 Å². The molecular weight excluding hydrogens is 480 g/mol. The Hall–Kier alpha value is -2.90. The van der Waals surface area contributed by atoms with Crippen molar-refractivity contribution in [3.8, 4) is 5.75 Å². The van der Waals surface area contributed by atoms with Crippen LogP contribution in [0.15, 0.2) is 47.1 Å². The van der Waals surface area contributed by atoms with Crippen LogP contribution in [0.25, 0.3) is 6.08 Å². The number of furan rings is 1. The summed E-state index contributed by atoms with van der Waals surface area (Å²) in [6.07, 6.45) is 11.2. The average molecular weight is 521 g/mol. The number of benzene rings is 1. The first-order chi connectivity index (χ1) is 18.2. The molecule has 0 bridgehead atoms. The Bertz CT molecular complexity index is 1200. The minimum absolute atomic E-state index is 0.0181. The molecule has 5 rings (SSSR count). The fourth-order valence-corrected chi connectivity index (χ4v) is 6.77. The molecular formula is C31H40N2O5. The topological polar surface area (TPSA) is 72.2 Å². The number of esters is 1. The first-order valence-corrected chi connectivity index (χ1v) is 13.8. The first-order valence-electron chi connectivity index (χ1n) is 13.8. The molecule has 7 nitrogen and oxygen atoms in total. The van der Waals surface area contributed by atoms with Gasteiger partial charge in [-0.1, -0.05) is 12.1 Å². The van der Waals surface area contributed by atoms with E-state index in [1.54, 1.807) is 12.3 Å². The molecule has 0 unspecified atom stereocenters. The highest BCUT2D eigenvalue weighted by atomic mass is 16.5. The Morgan fingerprint density at radius 2 is 2.03 bits per heavy atom. The number of likely N-dealkylation sites (N-methyl/N-ethyl adjacent to an activating group) is 1. The van der Waals surface area contributed by atoms with Gasteiger partial charge in [0.25, 0.3) is 0 Å². The largest absolute Gasteiger partial charge is 0.469 e. The molecule has 2 saturated carbocycles. The maximum Gasteiger partial charge on any atom is 0.308 e. The fraction of sp³-hybridized carbons (Fsp3) is 0.548. The number of carbonyl (C=O) groups excluding carboxylic acids is 2. The van der Waals surface area contributed by atoms with Gasteiger partial charge in [0, 0.05) is 57.3 Å². The van der Waals surface area contributed by atoms with Crippen molar-refractivity contribution in [2.75, 3.05) is 33.8 Å². The number of likely N-dealkylation sites (tertiary alicyclic amines) is 1. The lowest BCUT2D eigenvalue weighted by atomic mass is 9.55. The van der Waals surface area contributed by atoms with Gasteiger partial charge in [-0.15, -0.1) is 0 Å². The number of hydrogen-bond acceptors (Lipinski definition) is 6. The summed E-state index contributed by atoms with van der Waals surface area (Å²) in [5, 5.41) is 0. The minimum atomic E-state index is -0.376. The third-order valence-corrected chi connectivity index (χ3v) is 9.12. The summed E-state index contributed by atoms with van der Waals surface area (Å²) in [7, 11) is 3.75. The summed E-state index contributed by atoms with van der Waals surface area (Å²) in [5.74, 6) is 1.82. The molecule has 0 spiro atoms. The Labute approximate surface area is 225 Å². The van der Waals surface area contributed by atoms with E-state index in [0.29, 0.717) is 5.75 Å². The molecule has 7 heteroatoms. The molecule has 204 valence electrons. The van der Waals surface area contributed by atoms with Crippen LogP contribution in [0.1, 0.15) is 62.3 Å². The third-order valence-electron chi connectivity index (χ3n) is 9.12. The quantitative estimate of drug-likeness (QED) is 0.278. The molecule has 1 aromatic carbocycles. The molecule has 3 atom stereocenters. The second-order valence-electron chi connectivity index (χ2n) is 11.4. The second-order valence-corrected chi connectivity index (χ2v) is 11.4. The summed E-state index contributed by atoms with van der Waals surface area (Å²) in [6, 6.07) is 9.88. The van der Waals surface area contributed by atoms with Gasteiger partial charge in [-0.3, -0.25) is 9.59 Å². The summed E-state index contributed by atoms with van der Waals surface area (Å²) in [4.78, 5) is 29.5. The van der Waals surface area contributed by atoms with Crippen LogP contribution in [0.3, 0.4) is 0 Å². The van der Waals surface area contributed by atoms with Crippen molar-refractivity contribution in [1.82, 2.24) is 9.80 Å². The number of piperidine rings is 1. The van der Waals surface area contributed by atoms with Crippen LogP contribution in [0, 0.1) is 12.8 Å². The standard InChI is InChI=1S/C31H40N2O5/c1-22-25(13-17-37-22)10-11-29(35)32(3)27-12-14-31(36-4)21-33(20-24-8-9-24)16-15-30(31,19-27)26-6-5-7-28(18-26)38-23(2)34/h5-7,10-11,13,17-18,24,27H,8-9,12,14-16,19-21H2,1-4H3/b11-10+/t27-,30+,31+/m1/s1. The van der Waals surface area contributed by atoms with E-state index in [4.69, 9.17) is 13.9 Å². The molecule has 2 heterocycles. The van der Waals surface area contributed by atoms with E-state index in [1.807, 2.05) is 56.3 Å². The number of methoxy groups -OCH3 is 1. The van der Waals surface area contributed by atoms with Crippen molar-refractivity contribution in [2.45, 2.75) is 69.4 Å². The lowest BCUT2D eigenvalue weighted by molar-refractivity contribution is -0.159. The Kier molecular flexibility index (Phi) is 7.51. The number of nitrogens with zero attached hydrogens (tertiary/aromatic N) is 2. The van der Waals surface area contributed by atoms with Gasteiger partial charge in [-0.25, -0.2) is 0 Å². The van der Waals surface area contributed by atoms with E-state index < -0.39 is 0 Å². The normalized spacial score (nSPS) is 27.7. The van der Waals surface area contributed by atoms with Gasteiger partial charge in [-0.2, -0.15) is 0 Å². The average Bonchev–Trinajstić information content (AvgIpc) is 3.63. The second kappa shape index (κ2) is 10.7. The van der Waals surface area contributed by atoms with Crippen molar-refractivity contribution in [3.63, 3.8) is 0 Å². The van der Waals surface area contributed by atoms with Crippen LogP contribution in [0.2, 0.25) is 0 Å². The number of fused-ring (bicyclic) bond motifs is 1. The van der Waals surface area contributed by atoms with Crippen LogP contribution in [0.5, 0.6) is 5.75 Å². The number of ether oxygens (including phenoxy) is 2. The maximum atomic E-state index is 13.3. The first kappa shape index (κ1) is 26.7. The minimum Gasteiger partial charge on any atom is -0.469 e. The molecule has 2 aliphatic carbocycles. The van der Waals surface area contributed by atoms with E-state index in [9.17, 15) is 9.59 Å². The van der Waals surface area contributed by atoms with Gasteiger partial charge < -0.3 is 23.7 Å². The Balaban J connectivity index is 1.45. The van der Waals surface area contributed by atoms with E-state index in [2.05, 4.69) is 11.0 Å². The fourth-order valence-electron chi connectivity index (χ4n) is 6.77. The number of carbonyl (C=O) groups is 2. The van der Waals surface area contributed by atoms with E-state index >= 15 is 0 Å². The molecule has 0 radical (unpaired) electrons. The SMILES string of the molecule is CO[C@]12CC[C@@H](N(C)C(=O)/C=C/c3ccoc3C)C[C@]1(c1cccc(OC(C)=O)c1)CCN(CC1CC1)C2. The van der Waals surface area contributed by atoms with Gasteiger partial charge in [-0.05, 0) is 87.7 Å². The Morgan fingerprint density at radius 3 is 2.71 bits per heavy atom. The van der Waals surface area contributed by atoms with E-state index in [-0.39, 0.29) is 28.9 Å². The van der Waals surface area contributed by atoms with Gasteiger partial charge >= 0.3 is 5.97 Å². The van der Waals surface area contributed by atoms with E-state index in [1.165, 1.54) is 19.8 Å². The zero-order chi connectivity index (χ0) is 26.9. The van der Waals surface area contributed by atoms with Crippen LogP contribution in [0.4, 0.5) is 0 Å². The molecule has 38 heavy (non-hydrogen) atoms. The van der Waals surface area contributed by atoms with Crippen molar-refractivity contribution >= 4 is 18.0 Å². The van der Waals surface area contributed by atoms with Crippen LogP contribution < -0.4 is 4.74 Å². The molecule has 2 aromatic rings. The van der Waals surface area contributed by atoms with Crippen molar-refractivity contribution < 1.29 is 23.5 Å². The zero-order valence-electron chi connectivity index (χ0n) is 23.1. The van der Waals surface area contributed by atoms with Crippen LogP contribution in [-0.4, -0.2) is 67.1 Å². The van der Waals surface area contributed by atoms with Crippen LogP contribution >= 0.6 is 0 Å². The summed E-state index contributed by atoms with van der Waals surface area (Å²) >= 11 is 0. The van der Waals surface area contributed by atoms with Crippen LogP contribution in [-0.2, 0) is 19.7 Å². The van der Waals surface area contributed by atoms with Crippen molar-refractivity contribution in [3.05, 3.63) is 59.6 Å². The van der Waals surface area contributed by atoms with Crippen molar-refractivity contribution in [2.24, 2.45) is 5.92 Å². The lowest BCUT2D eigenvalue weighted by Crippen LogP contribution is -2.68. The predicted octanol–water partition coefficient (Wildman–Crippen LogP) is 4.98. The van der Waals surface area contributed by atoms with Gasteiger partial charge in [0.1, 0.15) is 11.5 Å². The molecule has 1 amide bonds. The Morgan fingerprint density at radius 1 is 1.21 bits per heavy atom. The monoisotopic (exact) mass is 520 g/mol. The molecule has 3 aliphatic rings. The zero-order valence-corrected chi connectivity index (χ0v) is 23.1. The molecule has 1 aromatic heterocycles. The smallest absolute Gasteiger partial charge is 0.308 e. The summed E-state index contributed by atoms with van der Waals surface area (Å²) in [6.45, 7) is 6.32. The number of rotatable bonds is 8.